The van der Waals surface area contributed by atoms with E-state index in [4.69, 9.17) is 4.74 Å². The van der Waals surface area contributed by atoms with Crippen molar-refractivity contribution in [3.8, 4) is 0 Å². The van der Waals surface area contributed by atoms with Gasteiger partial charge in [-0.2, -0.15) is 0 Å². The van der Waals surface area contributed by atoms with Crippen LogP contribution in [-0.2, 0) is 9.53 Å². The Morgan fingerprint density at radius 1 is 1.46 bits per heavy atom. The molecule has 3 nitrogen and oxygen atoms in total. The molecule has 76 valence electrons. The molecule has 0 saturated carbocycles. The van der Waals surface area contributed by atoms with Gasteiger partial charge in [0.1, 0.15) is 5.78 Å². The van der Waals surface area contributed by atoms with Crippen LogP contribution in [0.3, 0.4) is 0 Å². The minimum atomic E-state index is 0.401. The highest BCUT2D eigenvalue weighted by Crippen LogP contribution is 2.06. The molecule has 1 aliphatic heterocycles. The monoisotopic (exact) mass is 185 g/mol. The van der Waals surface area contributed by atoms with Crippen molar-refractivity contribution in [2.75, 3.05) is 33.4 Å². The Hall–Kier alpha value is -0.410. The summed E-state index contributed by atoms with van der Waals surface area (Å²) < 4.78 is 4.97. The van der Waals surface area contributed by atoms with Gasteiger partial charge < -0.3 is 4.74 Å². The van der Waals surface area contributed by atoms with Gasteiger partial charge in [0.05, 0.1) is 6.54 Å². The lowest BCUT2D eigenvalue weighted by atomic mass is 10.1. The van der Waals surface area contributed by atoms with E-state index in [2.05, 4.69) is 4.90 Å². The van der Waals surface area contributed by atoms with Crippen molar-refractivity contribution in [3.05, 3.63) is 0 Å². The Labute approximate surface area is 80.1 Å². The molecule has 1 saturated heterocycles. The lowest BCUT2D eigenvalue weighted by Gasteiger charge is -2.25. The van der Waals surface area contributed by atoms with Gasteiger partial charge in [-0.3, -0.25) is 9.69 Å². The highest BCUT2D eigenvalue weighted by Gasteiger charge is 2.15. The number of carbonyl (C=O) groups is 1. The predicted octanol–water partition coefficient (Wildman–Crippen LogP) is 1.08. The minimum absolute atomic E-state index is 0.401. The molecule has 0 amide bonds. The van der Waals surface area contributed by atoms with Gasteiger partial charge in [-0.1, -0.05) is 0 Å². The number of rotatable bonds is 5. The lowest BCUT2D eigenvalue weighted by molar-refractivity contribution is -0.122. The fourth-order valence-corrected chi connectivity index (χ4v) is 1.68. The van der Waals surface area contributed by atoms with Gasteiger partial charge in [0.2, 0.25) is 0 Å². The normalized spacial score (nSPS) is 19.3. The summed E-state index contributed by atoms with van der Waals surface area (Å²) in [6.45, 7) is 3.66. The first kappa shape index (κ1) is 10.7. The van der Waals surface area contributed by atoms with Gasteiger partial charge in [-0.25, -0.2) is 0 Å². The number of carbonyl (C=O) groups excluding carboxylic acids is 1. The molecule has 0 aromatic heterocycles. The van der Waals surface area contributed by atoms with Gasteiger partial charge >= 0.3 is 0 Å². The third kappa shape index (κ3) is 4.39. The molecule has 0 aromatic carbocycles. The predicted molar refractivity (Wildman–Crippen MR) is 51.8 cm³/mol. The molecule has 0 atom stereocenters. The Morgan fingerprint density at radius 2 is 2.31 bits per heavy atom. The largest absolute Gasteiger partial charge is 0.385 e. The second kappa shape index (κ2) is 6.11. The molecule has 0 aliphatic carbocycles. The van der Waals surface area contributed by atoms with Gasteiger partial charge in [-0.05, 0) is 32.4 Å². The molecular weight excluding hydrogens is 166 g/mol. The maximum atomic E-state index is 11.1. The minimum Gasteiger partial charge on any atom is -0.385 e. The molecule has 0 radical (unpaired) electrons. The quantitative estimate of drug-likeness (QED) is 0.600. The number of piperidine rings is 1. The van der Waals surface area contributed by atoms with Gasteiger partial charge in [-0.15, -0.1) is 0 Å². The fourth-order valence-electron chi connectivity index (χ4n) is 1.68. The van der Waals surface area contributed by atoms with Crippen molar-refractivity contribution in [3.63, 3.8) is 0 Å². The zero-order valence-electron chi connectivity index (χ0n) is 8.42. The van der Waals surface area contributed by atoms with E-state index < -0.39 is 0 Å². The molecule has 0 bridgehead atoms. The number of Topliss-reactive ketones (excluding diaryl/α,β-unsaturated/α-hetero) is 1. The highest BCUT2D eigenvalue weighted by molar-refractivity contribution is 5.81. The zero-order chi connectivity index (χ0) is 9.52. The van der Waals surface area contributed by atoms with Crippen LogP contribution in [0.4, 0.5) is 0 Å². The number of hydrogen-bond donors (Lipinski definition) is 0. The molecule has 1 heterocycles. The van der Waals surface area contributed by atoms with Crippen LogP contribution in [0.1, 0.15) is 25.7 Å². The van der Waals surface area contributed by atoms with Crippen LogP contribution < -0.4 is 0 Å². The lowest BCUT2D eigenvalue weighted by Crippen LogP contribution is -2.36. The average molecular weight is 185 g/mol. The number of unbranched alkanes of at least 4 members (excludes halogenated alkanes) is 1. The Bertz CT molecular complexity index is 159. The van der Waals surface area contributed by atoms with Crippen molar-refractivity contribution in [1.29, 1.82) is 0 Å². The highest BCUT2D eigenvalue weighted by atomic mass is 16.5. The van der Waals surface area contributed by atoms with E-state index in [1.165, 1.54) is 0 Å². The number of ether oxygens (including phenoxy) is 1. The van der Waals surface area contributed by atoms with Gasteiger partial charge in [0.15, 0.2) is 0 Å². The summed E-state index contributed by atoms with van der Waals surface area (Å²) in [5, 5.41) is 0. The molecule has 3 heteroatoms. The maximum absolute atomic E-state index is 11.1. The second-order valence-electron chi connectivity index (χ2n) is 3.62. The summed E-state index contributed by atoms with van der Waals surface area (Å²) in [5.74, 6) is 0.401. The van der Waals surface area contributed by atoms with E-state index >= 15 is 0 Å². The van der Waals surface area contributed by atoms with E-state index in [9.17, 15) is 4.79 Å². The van der Waals surface area contributed by atoms with Gasteiger partial charge in [0, 0.05) is 20.1 Å². The van der Waals surface area contributed by atoms with Crippen LogP contribution in [-0.4, -0.2) is 44.0 Å². The maximum Gasteiger partial charge on any atom is 0.146 e. The SMILES string of the molecule is COCCCCN1CCCC(=O)C1. The van der Waals surface area contributed by atoms with E-state index in [0.717, 1.165) is 45.4 Å². The summed E-state index contributed by atoms with van der Waals surface area (Å²) in [6, 6.07) is 0. The van der Waals surface area contributed by atoms with Crippen molar-refractivity contribution >= 4 is 5.78 Å². The van der Waals surface area contributed by atoms with E-state index in [1.54, 1.807) is 7.11 Å². The summed E-state index contributed by atoms with van der Waals surface area (Å²) in [5.41, 5.74) is 0. The van der Waals surface area contributed by atoms with Crippen molar-refractivity contribution in [2.45, 2.75) is 25.7 Å². The van der Waals surface area contributed by atoms with Crippen LogP contribution in [0, 0.1) is 0 Å². The molecule has 1 fully saturated rings. The molecule has 0 aromatic rings. The molecule has 1 rings (SSSR count). The third-order valence-electron chi connectivity index (χ3n) is 2.40. The first-order chi connectivity index (χ1) is 6.33. The van der Waals surface area contributed by atoms with Crippen molar-refractivity contribution in [1.82, 2.24) is 4.90 Å². The Kier molecular flexibility index (Phi) is 5.01. The van der Waals surface area contributed by atoms with Crippen molar-refractivity contribution in [2.24, 2.45) is 0 Å². The summed E-state index contributed by atoms with van der Waals surface area (Å²) in [4.78, 5) is 13.3. The molecule has 1 aliphatic rings. The Morgan fingerprint density at radius 3 is 3.00 bits per heavy atom. The van der Waals surface area contributed by atoms with Crippen LogP contribution in [0.5, 0.6) is 0 Å². The van der Waals surface area contributed by atoms with Crippen LogP contribution in [0.2, 0.25) is 0 Å². The van der Waals surface area contributed by atoms with Crippen LogP contribution in [0.25, 0.3) is 0 Å². The standard InChI is InChI=1S/C10H19NO2/c1-13-8-3-2-6-11-7-4-5-10(12)9-11/h2-9H2,1H3. The van der Waals surface area contributed by atoms with Crippen LogP contribution >= 0.6 is 0 Å². The van der Waals surface area contributed by atoms with E-state index in [-0.39, 0.29) is 0 Å². The number of ketones is 1. The summed E-state index contributed by atoms with van der Waals surface area (Å²) in [6.07, 6.45) is 4.07. The molecule has 0 unspecified atom stereocenters. The summed E-state index contributed by atoms with van der Waals surface area (Å²) >= 11 is 0. The zero-order valence-corrected chi connectivity index (χ0v) is 8.42. The topological polar surface area (TPSA) is 29.5 Å². The molecule has 0 spiro atoms. The third-order valence-corrected chi connectivity index (χ3v) is 2.40. The van der Waals surface area contributed by atoms with Crippen LogP contribution in [0.15, 0.2) is 0 Å². The average Bonchev–Trinajstić information content (AvgIpc) is 2.13. The number of likely N-dealkylation sites (tertiary alicyclic amines) is 1. The first-order valence-electron chi connectivity index (χ1n) is 5.06. The van der Waals surface area contributed by atoms with Crippen molar-refractivity contribution < 1.29 is 9.53 Å². The molecular formula is C10H19NO2. The number of methoxy groups -OCH3 is 1. The number of hydrogen-bond acceptors (Lipinski definition) is 3. The summed E-state index contributed by atoms with van der Waals surface area (Å²) in [7, 11) is 1.73. The van der Waals surface area contributed by atoms with E-state index in [0.29, 0.717) is 12.3 Å². The molecule has 13 heavy (non-hydrogen) atoms. The first-order valence-corrected chi connectivity index (χ1v) is 5.06. The molecule has 0 N–H and O–H groups in total. The number of nitrogens with zero attached hydrogens (tertiary/aromatic N) is 1. The van der Waals surface area contributed by atoms with Gasteiger partial charge in [0.25, 0.3) is 0 Å². The Balaban J connectivity index is 2.03. The smallest absolute Gasteiger partial charge is 0.146 e. The van der Waals surface area contributed by atoms with E-state index in [1.807, 2.05) is 0 Å². The second-order valence-corrected chi connectivity index (χ2v) is 3.62. The fraction of sp³-hybridized carbons (Fsp3) is 0.900.